The average Bonchev–Trinajstić information content (AvgIpc) is 2.97. The van der Waals surface area contributed by atoms with Gasteiger partial charge >= 0.3 is 5.97 Å². The summed E-state index contributed by atoms with van der Waals surface area (Å²) >= 11 is 1.04. The number of aliphatic carboxylic acids is 1. The molecule has 2 N–H and O–H groups in total. The third-order valence-electron chi connectivity index (χ3n) is 3.51. The number of hydrogen-bond donors (Lipinski definition) is 2. The van der Waals surface area contributed by atoms with Gasteiger partial charge in [-0.2, -0.15) is 5.10 Å². The first-order chi connectivity index (χ1) is 12.4. The van der Waals surface area contributed by atoms with Gasteiger partial charge in [0.1, 0.15) is 5.25 Å². The molecule has 1 aromatic carbocycles. The van der Waals surface area contributed by atoms with E-state index < -0.39 is 17.1 Å². The van der Waals surface area contributed by atoms with Gasteiger partial charge in [-0.25, -0.2) is 0 Å². The molecule has 0 unspecified atom stereocenters. The number of amides is 1. The molecule has 0 bridgehead atoms. The Morgan fingerprint density at radius 3 is 2.35 bits per heavy atom. The minimum atomic E-state index is -1.05. The summed E-state index contributed by atoms with van der Waals surface area (Å²) in [4.78, 5) is 22.4. The number of nitrogens with zero attached hydrogens (tertiary/aromatic N) is 2. The van der Waals surface area contributed by atoms with Crippen LogP contribution in [-0.2, 0) is 9.59 Å². The lowest BCUT2D eigenvalue weighted by Gasteiger charge is -2.13. The molecular weight excluding hydrogens is 362 g/mol. The molecule has 1 fully saturated rings. The smallest absolute Gasteiger partial charge is 0.305 e. The minimum absolute atomic E-state index is 0.257. The number of carboxylic acid groups (broad SMARTS) is 1. The van der Waals surface area contributed by atoms with Crippen LogP contribution in [0.2, 0.25) is 0 Å². The monoisotopic (exact) mass is 381 g/mol. The molecule has 1 aliphatic rings. The first-order valence-electron chi connectivity index (χ1n) is 7.51. The Morgan fingerprint density at radius 2 is 1.85 bits per heavy atom. The van der Waals surface area contributed by atoms with E-state index in [9.17, 15) is 9.59 Å². The summed E-state index contributed by atoms with van der Waals surface area (Å²) in [6, 6.07) is 3.46. The summed E-state index contributed by atoms with van der Waals surface area (Å²) in [5, 5.41) is 18.9. The fraction of sp³-hybridized carbons (Fsp3) is 0.375. The van der Waals surface area contributed by atoms with Gasteiger partial charge in [0.05, 0.1) is 33.5 Å². The van der Waals surface area contributed by atoms with Crippen molar-refractivity contribution < 1.29 is 28.9 Å². The summed E-state index contributed by atoms with van der Waals surface area (Å²) in [7, 11) is 4.54. The van der Waals surface area contributed by atoms with E-state index in [2.05, 4.69) is 15.5 Å². The largest absolute Gasteiger partial charge is 0.493 e. The highest BCUT2D eigenvalue weighted by Gasteiger charge is 2.32. The Balaban J connectivity index is 2.25. The highest BCUT2D eigenvalue weighted by atomic mass is 32.2. The van der Waals surface area contributed by atoms with Crippen molar-refractivity contribution in [3.8, 4) is 17.2 Å². The molecule has 2 rings (SSSR count). The van der Waals surface area contributed by atoms with E-state index in [4.69, 9.17) is 19.3 Å². The molecule has 1 aromatic rings. The predicted octanol–water partition coefficient (Wildman–Crippen LogP) is 1.50. The summed E-state index contributed by atoms with van der Waals surface area (Å²) in [6.45, 7) is 1.74. The first-order valence-corrected chi connectivity index (χ1v) is 8.39. The maximum Gasteiger partial charge on any atom is 0.305 e. The second-order valence-electron chi connectivity index (χ2n) is 5.20. The van der Waals surface area contributed by atoms with Crippen LogP contribution in [0.25, 0.3) is 0 Å². The zero-order chi connectivity index (χ0) is 19.3. The van der Waals surface area contributed by atoms with Crippen LogP contribution in [0.5, 0.6) is 17.2 Å². The molecule has 9 nitrogen and oxygen atoms in total. The number of carboxylic acids is 1. The van der Waals surface area contributed by atoms with Gasteiger partial charge in [-0.05, 0) is 19.1 Å². The van der Waals surface area contributed by atoms with Crippen LogP contribution in [0, 0.1) is 0 Å². The molecule has 1 heterocycles. The standard InChI is InChI=1S/C16H19N3O6S/c1-8(9-5-10(23-2)14(25-4)11(6-9)24-3)18-19-16-17-15(22)12(26-16)7-13(20)21/h5-6,12H,7H2,1-4H3,(H,20,21)(H,17,19,22)/b18-8+/t12-/m0/s1. The molecule has 0 aromatic heterocycles. The summed E-state index contributed by atoms with van der Waals surface area (Å²) in [5.41, 5.74) is 1.24. The van der Waals surface area contributed by atoms with Gasteiger partial charge in [-0.1, -0.05) is 11.8 Å². The van der Waals surface area contributed by atoms with Gasteiger partial charge in [0.15, 0.2) is 16.7 Å². The van der Waals surface area contributed by atoms with E-state index in [0.717, 1.165) is 11.8 Å². The highest BCUT2D eigenvalue weighted by Crippen LogP contribution is 2.38. The number of carbonyl (C=O) groups excluding carboxylic acids is 1. The molecular formula is C16H19N3O6S. The van der Waals surface area contributed by atoms with Crippen LogP contribution in [0.4, 0.5) is 0 Å². The van der Waals surface area contributed by atoms with Gasteiger partial charge in [-0.15, -0.1) is 5.10 Å². The Labute approximate surface area is 154 Å². The van der Waals surface area contributed by atoms with Gasteiger partial charge < -0.3 is 24.6 Å². The summed E-state index contributed by atoms with van der Waals surface area (Å²) in [5.74, 6) is -0.0102. The second kappa shape index (κ2) is 8.56. The van der Waals surface area contributed by atoms with E-state index in [1.165, 1.54) is 21.3 Å². The summed E-state index contributed by atoms with van der Waals surface area (Å²) in [6.07, 6.45) is -0.273. The first kappa shape index (κ1) is 19.6. The van der Waals surface area contributed by atoms with Gasteiger partial charge in [-0.3, -0.25) is 9.59 Å². The molecule has 1 aliphatic heterocycles. The normalized spacial score (nSPS) is 18.6. The Morgan fingerprint density at radius 1 is 1.23 bits per heavy atom. The van der Waals surface area contributed by atoms with Crippen molar-refractivity contribution in [2.24, 2.45) is 10.2 Å². The number of rotatable bonds is 7. The quantitative estimate of drug-likeness (QED) is 0.542. The Bertz CT molecular complexity index is 752. The number of ether oxygens (including phenoxy) is 3. The van der Waals surface area contributed by atoms with Crippen LogP contribution in [0.1, 0.15) is 18.9 Å². The molecule has 0 saturated carbocycles. The van der Waals surface area contributed by atoms with Gasteiger partial charge in [0, 0.05) is 5.56 Å². The van der Waals surface area contributed by atoms with Crippen LogP contribution < -0.4 is 19.5 Å². The fourth-order valence-corrected chi connectivity index (χ4v) is 3.12. The number of amidine groups is 1. The molecule has 0 spiro atoms. The molecule has 1 saturated heterocycles. The van der Waals surface area contributed by atoms with Gasteiger partial charge in [0.2, 0.25) is 11.7 Å². The Kier molecular flexibility index (Phi) is 6.45. The molecule has 140 valence electrons. The van der Waals surface area contributed by atoms with Crippen LogP contribution in [0.15, 0.2) is 22.3 Å². The lowest BCUT2D eigenvalue weighted by Crippen LogP contribution is -2.26. The number of hydrogen-bond acceptors (Lipinski definition) is 8. The number of nitrogens with one attached hydrogen (secondary N) is 1. The minimum Gasteiger partial charge on any atom is -0.493 e. The maximum atomic E-state index is 11.7. The Hall–Kier alpha value is -2.75. The van der Waals surface area contributed by atoms with Crippen LogP contribution in [0.3, 0.4) is 0 Å². The topological polar surface area (TPSA) is 119 Å². The van der Waals surface area contributed by atoms with Crippen LogP contribution in [-0.4, -0.2) is 54.4 Å². The molecule has 1 amide bonds. The zero-order valence-electron chi connectivity index (χ0n) is 14.7. The third-order valence-corrected chi connectivity index (χ3v) is 4.58. The van der Waals surface area contributed by atoms with E-state index in [1.807, 2.05) is 0 Å². The highest BCUT2D eigenvalue weighted by molar-refractivity contribution is 8.15. The predicted molar refractivity (Wildman–Crippen MR) is 97.5 cm³/mol. The van der Waals surface area contributed by atoms with E-state index in [1.54, 1.807) is 19.1 Å². The maximum absolute atomic E-state index is 11.7. The number of methoxy groups -OCH3 is 3. The number of benzene rings is 1. The van der Waals surface area contributed by atoms with E-state index in [0.29, 0.717) is 28.5 Å². The van der Waals surface area contributed by atoms with Crippen molar-refractivity contribution >= 4 is 34.5 Å². The summed E-state index contributed by atoms with van der Waals surface area (Å²) < 4.78 is 15.9. The van der Waals surface area contributed by atoms with Crippen molar-refractivity contribution in [1.82, 2.24) is 5.32 Å². The van der Waals surface area contributed by atoms with Crippen molar-refractivity contribution in [3.05, 3.63) is 17.7 Å². The molecule has 0 aliphatic carbocycles. The van der Waals surface area contributed by atoms with Gasteiger partial charge in [0.25, 0.3) is 0 Å². The number of thioether (sulfide) groups is 1. The van der Waals surface area contributed by atoms with E-state index in [-0.39, 0.29) is 11.6 Å². The molecule has 10 heteroatoms. The lowest BCUT2D eigenvalue weighted by molar-refractivity contribution is -0.138. The van der Waals surface area contributed by atoms with Crippen molar-refractivity contribution in [1.29, 1.82) is 0 Å². The average molecular weight is 381 g/mol. The number of carbonyl (C=O) groups is 2. The molecule has 0 radical (unpaired) electrons. The van der Waals surface area contributed by atoms with Crippen molar-refractivity contribution in [3.63, 3.8) is 0 Å². The fourth-order valence-electron chi connectivity index (χ4n) is 2.21. The van der Waals surface area contributed by atoms with Crippen molar-refractivity contribution in [2.75, 3.05) is 21.3 Å². The lowest BCUT2D eigenvalue weighted by atomic mass is 10.1. The SMILES string of the molecule is COc1cc(/C(C)=N/N=C2\NC(=O)[C@H](CC(=O)O)S2)cc(OC)c1OC. The zero-order valence-corrected chi connectivity index (χ0v) is 15.5. The van der Waals surface area contributed by atoms with Crippen LogP contribution >= 0.6 is 11.8 Å². The van der Waals surface area contributed by atoms with E-state index >= 15 is 0 Å². The van der Waals surface area contributed by atoms with Crippen molar-refractivity contribution in [2.45, 2.75) is 18.6 Å². The third kappa shape index (κ3) is 4.45. The second-order valence-corrected chi connectivity index (χ2v) is 6.39. The molecule has 26 heavy (non-hydrogen) atoms. The molecule has 1 atom stereocenters.